The van der Waals surface area contributed by atoms with Crippen LogP contribution in [0, 0.1) is 11.6 Å². The topological polar surface area (TPSA) is 73.8 Å². The molecule has 10 heteroatoms. The number of sulfonamides is 1. The Hall–Kier alpha value is -1.39. The molecule has 2 N–H and O–H groups in total. The fourth-order valence-electron chi connectivity index (χ4n) is 2.42. The van der Waals surface area contributed by atoms with E-state index in [2.05, 4.69) is 15.6 Å². The van der Waals surface area contributed by atoms with Crippen LogP contribution in [0.4, 0.5) is 8.78 Å². The molecule has 1 aliphatic heterocycles. The van der Waals surface area contributed by atoms with Gasteiger partial charge in [0.1, 0.15) is 11.6 Å². The van der Waals surface area contributed by atoms with Crippen molar-refractivity contribution in [1.29, 1.82) is 0 Å². The maximum absolute atomic E-state index is 13.7. The smallest absolute Gasteiger partial charge is 0.215 e. The summed E-state index contributed by atoms with van der Waals surface area (Å²) >= 11 is 1.75. The number of thioether (sulfide) groups is 1. The summed E-state index contributed by atoms with van der Waals surface area (Å²) in [5.41, 5.74) is 0.139. The van der Waals surface area contributed by atoms with Crippen LogP contribution in [0.3, 0.4) is 0 Å². The molecule has 1 aromatic rings. The van der Waals surface area contributed by atoms with E-state index in [1.54, 1.807) is 11.8 Å². The molecule has 0 aromatic heterocycles. The van der Waals surface area contributed by atoms with Crippen LogP contribution >= 0.6 is 11.8 Å². The van der Waals surface area contributed by atoms with Crippen molar-refractivity contribution in [3.05, 3.63) is 35.4 Å². The van der Waals surface area contributed by atoms with Crippen molar-refractivity contribution in [2.24, 2.45) is 4.99 Å². The van der Waals surface area contributed by atoms with Gasteiger partial charge in [-0.15, -0.1) is 0 Å². The van der Waals surface area contributed by atoms with Crippen molar-refractivity contribution in [2.75, 3.05) is 43.4 Å². The quantitative estimate of drug-likeness (QED) is 0.529. The van der Waals surface area contributed by atoms with Crippen LogP contribution in [-0.2, 0) is 16.6 Å². The van der Waals surface area contributed by atoms with Gasteiger partial charge in [-0.1, -0.05) is 0 Å². The van der Waals surface area contributed by atoms with Crippen LogP contribution in [0.15, 0.2) is 23.2 Å². The summed E-state index contributed by atoms with van der Waals surface area (Å²) in [4.78, 5) is 4.19. The average molecular weight is 407 g/mol. The van der Waals surface area contributed by atoms with E-state index >= 15 is 0 Å². The van der Waals surface area contributed by atoms with Crippen LogP contribution in [0.2, 0.25) is 0 Å². The Morgan fingerprint density at radius 2 is 2.00 bits per heavy atom. The highest BCUT2D eigenvalue weighted by Crippen LogP contribution is 2.13. The minimum Gasteiger partial charge on any atom is -0.357 e. The highest BCUT2D eigenvalue weighted by atomic mass is 32.2. The molecule has 1 aliphatic rings. The third-order valence-corrected chi connectivity index (χ3v) is 6.59. The normalized spacial score (nSPS) is 16.5. The maximum Gasteiger partial charge on any atom is 0.215 e. The molecule has 6 nitrogen and oxygen atoms in total. The highest BCUT2D eigenvalue weighted by molar-refractivity contribution is 7.99. The van der Waals surface area contributed by atoms with E-state index in [4.69, 9.17) is 0 Å². The van der Waals surface area contributed by atoms with Gasteiger partial charge >= 0.3 is 0 Å². The summed E-state index contributed by atoms with van der Waals surface area (Å²) in [7, 11) is -3.31. The van der Waals surface area contributed by atoms with Gasteiger partial charge in [0.25, 0.3) is 0 Å². The first kappa shape index (κ1) is 20.9. The summed E-state index contributed by atoms with van der Waals surface area (Å²) in [6.07, 6.45) is 0. The SMILES string of the molecule is CCNC(=NCc1cc(F)ccc1F)NCCS(=O)(=O)N1CCSCC1. The van der Waals surface area contributed by atoms with Crippen LogP contribution in [0.1, 0.15) is 12.5 Å². The molecule has 0 radical (unpaired) electrons. The maximum atomic E-state index is 13.7. The summed E-state index contributed by atoms with van der Waals surface area (Å²) in [5.74, 6) is 0.889. The van der Waals surface area contributed by atoms with Gasteiger partial charge in [0.2, 0.25) is 10.0 Å². The number of benzene rings is 1. The molecule has 26 heavy (non-hydrogen) atoms. The fraction of sp³-hybridized carbons (Fsp3) is 0.562. The van der Waals surface area contributed by atoms with Gasteiger partial charge in [-0.3, -0.25) is 0 Å². The van der Waals surface area contributed by atoms with Gasteiger partial charge in [-0.2, -0.15) is 11.8 Å². The first-order valence-electron chi connectivity index (χ1n) is 8.44. The second-order valence-corrected chi connectivity index (χ2v) is 9.00. The lowest BCUT2D eigenvalue weighted by Gasteiger charge is -2.25. The molecule has 2 rings (SSSR count). The van der Waals surface area contributed by atoms with Gasteiger partial charge in [-0.25, -0.2) is 26.5 Å². The molecule has 0 bridgehead atoms. The molecule has 0 amide bonds. The van der Waals surface area contributed by atoms with E-state index in [-0.39, 0.29) is 24.4 Å². The molecule has 0 spiro atoms. The molecule has 0 aliphatic carbocycles. The molecule has 0 saturated carbocycles. The Balaban J connectivity index is 1.91. The number of hydrogen-bond acceptors (Lipinski definition) is 4. The third kappa shape index (κ3) is 6.40. The van der Waals surface area contributed by atoms with Gasteiger partial charge in [0, 0.05) is 43.2 Å². The van der Waals surface area contributed by atoms with E-state index in [1.807, 2.05) is 6.92 Å². The Bertz CT molecular complexity index is 723. The number of hydrogen-bond donors (Lipinski definition) is 2. The molecular weight excluding hydrogens is 382 g/mol. The molecule has 146 valence electrons. The third-order valence-electron chi connectivity index (χ3n) is 3.78. The van der Waals surface area contributed by atoms with Gasteiger partial charge in [0.15, 0.2) is 5.96 Å². The zero-order chi connectivity index (χ0) is 19.0. The minimum atomic E-state index is -3.31. The first-order valence-corrected chi connectivity index (χ1v) is 11.2. The Morgan fingerprint density at radius 1 is 1.27 bits per heavy atom. The zero-order valence-electron chi connectivity index (χ0n) is 14.7. The number of guanidine groups is 1. The Kier molecular flexibility index (Phi) is 8.11. The van der Waals surface area contributed by atoms with E-state index < -0.39 is 21.7 Å². The molecule has 0 atom stereocenters. The minimum absolute atomic E-state index is 0.0452. The lowest BCUT2D eigenvalue weighted by atomic mass is 10.2. The highest BCUT2D eigenvalue weighted by Gasteiger charge is 2.23. The number of nitrogens with zero attached hydrogens (tertiary/aromatic N) is 2. The molecule has 1 saturated heterocycles. The fourth-order valence-corrected chi connectivity index (χ4v) is 4.91. The van der Waals surface area contributed by atoms with E-state index in [9.17, 15) is 17.2 Å². The van der Waals surface area contributed by atoms with Crippen molar-refractivity contribution in [3.8, 4) is 0 Å². The van der Waals surface area contributed by atoms with Gasteiger partial charge < -0.3 is 10.6 Å². The number of halogens is 2. The van der Waals surface area contributed by atoms with Crippen LogP contribution in [-0.4, -0.2) is 62.1 Å². The summed E-state index contributed by atoms with van der Waals surface area (Å²) in [6, 6.07) is 3.21. The monoisotopic (exact) mass is 406 g/mol. The number of nitrogens with one attached hydrogen (secondary N) is 2. The summed E-state index contributed by atoms with van der Waals surface area (Å²) in [5, 5.41) is 5.90. The zero-order valence-corrected chi connectivity index (χ0v) is 16.3. The average Bonchev–Trinajstić information content (AvgIpc) is 2.63. The van der Waals surface area contributed by atoms with E-state index in [0.717, 1.165) is 29.7 Å². The molecular formula is C16H24F2N4O2S2. The lowest BCUT2D eigenvalue weighted by Crippen LogP contribution is -2.44. The number of aliphatic imine (C=N–C) groups is 1. The van der Waals surface area contributed by atoms with E-state index in [1.165, 1.54) is 4.31 Å². The molecule has 1 aromatic carbocycles. The molecule has 0 unspecified atom stereocenters. The van der Waals surface area contributed by atoms with Gasteiger partial charge in [-0.05, 0) is 25.1 Å². The second-order valence-electron chi connectivity index (χ2n) is 5.69. The lowest BCUT2D eigenvalue weighted by molar-refractivity contribution is 0.443. The Morgan fingerprint density at radius 3 is 2.69 bits per heavy atom. The van der Waals surface area contributed by atoms with Crippen LogP contribution in [0.5, 0.6) is 0 Å². The summed E-state index contributed by atoms with van der Waals surface area (Å²) in [6.45, 7) is 3.65. The van der Waals surface area contributed by atoms with E-state index in [0.29, 0.717) is 25.6 Å². The van der Waals surface area contributed by atoms with Crippen molar-refractivity contribution >= 4 is 27.7 Å². The first-order chi connectivity index (χ1) is 12.4. The second kappa shape index (κ2) is 10.1. The van der Waals surface area contributed by atoms with Crippen LogP contribution < -0.4 is 10.6 Å². The predicted octanol–water partition coefficient (Wildman–Crippen LogP) is 1.40. The van der Waals surface area contributed by atoms with Gasteiger partial charge in [0.05, 0.1) is 12.3 Å². The van der Waals surface area contributed by atoms with Crippen LogP contribution in [0.25, 0.3) is 0 Å². The summed E-state index contributed by atoms with van der Waals surface area (Å²) < 4.78 is 53.0. The van der Waals surface area contributed by atoms with Crippen molar-refractivity contribution in [3.63, 3.8) is 0 Å². The standard InChI is InChI=1S/C16H24F2N4O2S2/c1-2-19-16(21-12-13-11-14(17)3-4-15(13)18)20-5-10-26(23,24)22-6-8-25-9-7-22/h3-4,11H,2,5-10,12H2,1H3,(H2,19,20,21). The van der Waals surface area contributed by atoms with Crippen molar-refractivity contribution in [2.45, 2.75) is 13.5 Å². The van der Waals surface area contributed by atoms with Crippen molar-refractivity contribution < 1.29 is 17.2 Å². The molecule has 1 heterocycles. The predicted molar refractivity (Wildman–Crippen MR) is 102 cm³/mol. The largest absolute Gasteiger partial charge is 0.357 e. The van der Waals surface area contributed by atoms with Crippen molar-refractivity contribution in [1.82, 2.24) is 14.9 Å². The Labute approximate surface area is 157 Å². The number of rotatable bonds is 7. The molecule has 1 fully saturated rings.